The Balaban J connectivity index is 1.55. The van der Waals surface area contributed by atoms with Crippen molar-refractivity contribution < 1.29 is 36.2 Å². The number of halogens is 5. The predicted molar refractivity (Wildman–Crippen MR) is 153 cm³/mol. The molecule has 240 valence electrons. The smallest absolute Gasteiger partial charge is 0.408 e. The Morgan fingerprint density at radius 1 is 0.889 bits per heavy atom. The van der Waals surface area contributed by atoms with Gasteiger partial charge in [-0.25, -0.2) is 18.4 Å². The average Bonchev–Trinajstić information content (AvgIpc) is 3.43. The molecule has 1 aromatic carbocycles. The van der Waals surface area contributed by atoms with Gasteiger partial charge in [0.25, 0.3) is 6.43 Å². The Bertz CT molecular complexity index is 1840. The first-order valence-electron chi connectivity index (χ1n) is 13.8. The Kier molecular flexibility index (Phi) is 8.04. The zero-order valence-electron chi connectivity index (χ0n) is 25.5. The van der Waals surface area contributed by atoms with Gasteiger partial charge >= 0.3 is 12.2 Å². The molecular weight excluding hydrogens is 603 g/mol. The molecule has 0 saturated carbocycles. The van der Waals surface area contributed by atoms with Crippen LogP contribution in [0.25, 0.3) is 33.2 Å². The Morgan fingerprint density at radius 2 is 1.60 bits per heavy atom. The number of hydrogen-bond donors (Lipinski definition) is 0. The lowest BCUT2D eigenvalue weighted by atomic mass is 10.1. The first-order chi connectivity index (χ1) is 20.9. The molecule has 0 aliphatic heterocycles. The van der Waals surface area contributed by atoms with Crippen LogP contribution in [-0.2, 0) is 13.6 Å². The van der Waals surface area contributed by atoms with Gasteiger partial charge in [0.05, 0.1) is 22.7 Å². The van der Waals surface area contributed by atoms with Gasteiger partial charge in [0.2, 0.25) is 11.8 Å². The summed E-state index contributed by atoms with van der Waals surface area (Å²) in [5.41, 5.74) is -0.451. The largest absolute Gasteiger partial charge is 0.471 e. The van der Waals surface area contributed by atoms with Crippen molar-refractivity contribution in [2.24, 2.45) is 7.05 Å². The highest BCUT2D eigenvalue weighted by molar-refractivity contribution is 5.85. The van der Waals surface area contributed by atoms with Crippen molar-refractivity contribution in [2.45, 2.75) is 78.0 Å². The molecule has 4 aromatic heterocycles. The molecule has 0 saturated heterocycles. The number of nitrogens with zero attached hydrogens (tertiary/aromatic N) is 8. The molecule has 1 atom stereocenters. The number of aryl methyl sites for hydroxylation is 1. The van der Waals surface area contributed by atoms with Crippen molar-refractivity contribution in [1.29, 1.82) is 0 Å². The van der Waals surface area contributed by atoms with E-state index in [1.54, 1.807) is 7.05 Å². The van der Waals surface area contributed by atoms with E-state index in [9.17, 15) is 22.0 Å². The SMILES string of the molecule is Cn1nc(O[C@H](c2ccc3cnn(CC(F)(F)F)c3c2)C(F)F)c2cc(-c3cnc(OC(C)(C)C)nc3OC(C)(C)C)nnc21. The minimum Gasteiger partial charge on any atom is -0.471 e. The normalized spacial score (nSPS) is 13.5. The van der Waals surface area contributed by atoms with Gasteiger partial charge in [-0.3, -0.25) is 4.68 Å². The van der Waals surface area contributed by atoms with Gasteiger partial charge < -0.3 is 14.2 Å². The molecular formula is C29H31F5N8O3. The number of fused-ring (bicyclic) bond motifs is 2. The summed E-state index contributed by atoms with van der Waals surface area (Å²) in [6.45, 7) is 9.68. The number of alkyl halides is 5. The molecule has 45 heavy (non-hydrogen) atoms. The van der Waals surface area contributed by atoms with Crippen LogP contribution in [-0.4, -0.2) is 63.5 Å². The maximum atomic E-state index is 14.5. The van der Waals surface area contributed by atoms with Crippen LogP contribution >= 0.6 is 0 Å². The zero-order valence-corrected chi connectivity index (χ0v) is 25.5. The highest BCUT2D eigenvalue weighted by Gasteiger charge is 2.31. The molecule has 0 fully saturated rings. The molecule has 0 unspecified atom stereocenters. The summed E-state index contributed by atoms with van der Waals surface area (Å²) in [7, 11) is 1.54. The van der Waals surface area contributed by atoms with Crippen molar-refractivity contribution in [1.82, 2.24) is 39.7 Å². The molecule has 0 spiro atoms. The fourth-order valence-electron chi connectivity index (χ4n) is 4.40. The van der Waals surface area contributed by atoms with Gasteiger partial charge in [-0.15, -0.1) is 15.3 Å². The highest BCUT2D eigenvalue weighted by atomic mass is 19.4. The molecule has 0 aliphatic rings. The van der Waals surface area contributed by atoms with E-state index in [2.05, 4.69) is 30.4 Å². The van der Waals surface area contributed by atoms with Gasteiger partial charge in [-0.2, -0.15) is 23.3 Å². The second-order valence-electron chi connectivity index (χ2n) is 12.3. The van der Waals surface area contributed by atoms with Crippen molar-refractivity contribution >= 4 is 21.9 Å². The van der Waals surface area contributed by atoms with Crippen LogP contribution in [0.2, 0.25) is 0 Å². The monoisotopic (exact) mass is 634 g/mol. The molecule has 0 N–H and O–H groups in total. The van der Waals surface area contributed by atoms with E-state index < -0.39 is 36.5 Å². The lowest BCUT2D eigenvalue weighted by Gasteiger charge is -2.24. The molecule has 5 rings (SSSR count). The summed E-state index contributed by atoms with van der Waals surface area (Å²) in [6, 6.07) is 5.58. The third-order valence-corrected chi connectivity index (χ3v) is 6.15. The Labute approximate surface area is 254 Å². The van der Waals surface area contributed by atoms with E-state index in [1.165, 1.54) is 41.3 Å². The summed E-state index contributed by atoms with van der Waals surface area (Å²) >= 11 is 0. The van der Waals surface area contributed by atoms with Crippen LogP contribution in [0.1, 0.15) is 53.2 Å². The number of benzene rings is 1. The van der Waals surface area contributed by atoms with Crippen LogP contribution in [0.3, 0.4) is 0 Å². The van der Waals surface area contributed by atoms with Gasteiger partial charge in [0.1, 0.15) is 23.4 Å². The first kappa shape index (κ1) is 31.8. The standard InChI is InChI=1S/C29H31F5N8O3/c1-27(2,3)44-24-18(13-35-26(37-24)45-28(4,5)6)19-11-17-23(39-38-19)41(7)40-25(17)43-21(22(30)31)15-8-9-16-12-36-42(20(16)10-15)14-29(32,33)34/h8-13,21-22H,14H2,1-7H3/t21-/m1/s1. The minimum atomic E-state index is -4.55. The van der Waals surface area contributed by atoms with Gasteiger partial charge in [0, 0.05) is 24.2 Å². The van der Waals surface area contributed by atoms with Crippen LogP contribution in [0, 0.1) is 0 Å². The second-order valence-corrected chi connectivity index (χ2v) is 12.3. The second kappa shape index (κ2) is 11.4. The summed E-state index contributed by atoms with van der Waals surface area (Å²) < 4.78 is 87.8. The van der Waals surface area contributed by atoms with Crippen LogP contribution in [0.15, 0.2) is 36.7 Å². The van der Waals surface area contributed by atoms with E-state index in [4.69, 9.17) is 14.2 Å². The molecule has 0 aliphatic carbocycles. The van der Waals surface area contributed by atoms with Gasteiger partial charge in [-0.1, -0.05) is 12.1 Å². The number of aromatic nitrogens is 8. The first-order valence-corrected chi connectivity index (χ1v) is 13.8. The lowest BCUT2D eigenvalue weighted by molar-refractivity contribution is -0.141. The summed E-state index contributed by atoms with van der Waals surface area (Å²) in [5.74, 6) is -0.0317. The van der Waals surface area contributed by atoms with E-state index in [-0.39, 0.29) is 45.6 Å². The van der Waals surface area contributed by atoms with Crippen molar-refractivity contribution in [3.63, 3.8) is 0 Å². The summed E-state index contributed by atoms with van der Waals surface area (Å²) in [6.07, 6.45) is -6.80. The van der Waals surface area contributed by atoms with Gasteiger partial charge in [-0.05, 0) is 53.7 Å². The Hall–Kier alpha value is -4.63. The molecule has 0 bridgehead atoms. The number of hydrogen-bond acceptors (Lipinski definition) is 9. The third-order valence-electron chi connectivity index (χ3n) is 6.15. The van der Waals surface area contributed by atoms with E-state index in [1.807, 2.05) is 41.5 Å². The quantitative estimate of drug-likeness (QED) is 0.177. The molecule has 5 aromatic rings. The van der Waals surface area contributed by atoms with Crippen LogP contribution in [0.5, 0.6) is 17.8 Å². The minimum absolute atomic E-state index is 0.0309. The predicted octanol–water partition coefficient (Wildman–Crippen LogP) is 6.47. The molecule has 0 amide bonds. The molecule has 11 nitrogen and oxygen atoms in total. The summed E-state index contributed by atoms with van der Waals surface area (Å²) in [4.78, 5) is 8.73. The molecule has 16 heteroatoms. The van der Waals surface area contributed by atoms with Crippen molar-refractivity contribution in [3.05, 3.63) is 42.2 Å². The summed E-state index contributed by atoms with van der Waals surface area (Å²) in [5, 5.41) is 17.1. The van der Waals surface area contributed by atoms with Crippen molar-refractivity contribution in [3.8, 4) is 29.0 Å². The topological polar surface area (TPSA) is 115 Å². The van der Waals surface area contributed by atoms with Gasteiger partial charge in [0.15, 0.2) is 11.8 Å². The number of rotatable bonds is 8. The van der Waals surface area contributed by atoms with Crippen LogP contribution in [0.4, 0.5) is 22.0 Å². The Morgan fingerprint density at radius 3 is 2.24 bits per heavy atom. The molecule has 4 heterocycles. The van der Waals surface area contributed by atoms with E-state index in [0.717, 1.165) is 0 Å². The third kappa shape index (κ3) is 7.37. The zero-order chi connectivity index (χ0) is 32.9. The fourth-order valence-corrected chi connectivity index (χ4v) is 4.40. The van der Waals surface area contributed by atoms with E-state index in [0.29, 0.717) is 15.6 Å². The maximum Gasteiger partial charge on any atom is 0.408 e. The maximum absolute atomic E-state index is 14.5. The lowest BCUT2D eigenvalue weighted by Crippen LogP contribution is -2.26. The highest BCUT2D eigenvalue weighted by Crippen LogP contribution is 2.36. The molecule has 0 radical (unpaired) electrons. The fraction of sp³-hybridized carbons (Fsp3) is 0.448. The van der Waals surface area contributed by atoms with Crippen LogP contribution < -0.4 is 14.2 Å². The average molecular weight is 635 g/mol. The van der Waals surface area contributed by atoms with E-state index >= 15 is 0 Å². The number of ether oxygens (including phenoxy) is 3. The van der Waals surface area contributed by atoms with Crippen molar-refractivity contribution in [2.75, 3.05) is 0 Å².